The molecule has 10 heteroatoms. The molecule has 0 saturated carbocycles. The average molecular weight is 543 g/mol. The summed E-state index contributed by atoms with van der Waals surface area (Å²) in [5.41, 5.74) is 1.29. The molecule has 0 fully saturated rings. The van der Waals surface area contributed by atoms with Crippen LogP contribution < -0.4 is 0 Å². The molecule has 2 aromatic heterocycles. The van der Waals surface area contributed by atoms with E-state index >= 15 is 0 Å². The Morgan fingerprint density at radius 2 is 1.05 bits per heavy atom. The molecular formula is C28H22N4O4S2. The zero-order chi connectivity index (χ0) is 27.7. The van der Waals surface area contributed by atoms with Crippen molar-refractivity contribution in [2.24, 2.45) is 0 Å². The standard InChI is InChI=1S/C28H22N4O4S2/c1-5-31-25(33)19(15(3)21(13-29)27(31)35)11-17-7-9-23(37-17)24-10-8-18(38-24)12-20-16(4)22(14-30)28(36)32(6-2)26(20)34/h7-12H,5-6H2,1-4H3/b19-11+,20-12+. The maximum atomic E-state index is 12.9. The Morgan fingerprint density at radius 3 is 1.37 bits per heavy atom. The summed E-state index contributed by atoms with van der Waals surface area (Å²) < 4.78 is 0. The Kier molecular flexibility index (Phi) is 7.40. The van der Waals surface area contributed by atoms with Crippen molar-refractivity contribution in [1.29, 1.82) is 10.5 Å². The van der Waals surface area contributed by atoms with Gasteiger partial charge < -0.3 is 0 Å². The van der Waals surface area contributed by atoms with Gasteiger partial charge in [-0.25, -0.2) is 0 Å². The van der Waals surface area contributed by atoms with Gasteiger partial charge >= 0.3 is 0 Å². The van der Waals surface area contributed by atoms with Crippen LogP contribution >= 0.6 is 22.7 Å². The van der Waals surface area contributed by atoms with Crippen LogP contribution in [0.4, 0.5) is 0 Å². The van der Waals surface area contributed by atoms with Crippen molar-refractivity contribution in [3.8, 4) is 21.9 Å². The van der Waals surface area contributed by atoms with Crippen LogP contribution in [-0.4, -0.2) is 46.5 Å². The van der Waals surface area contributed by atoms with E-state index in [-0.39, 0.29) is 24.2 Å². The maximum absolute atomic E-state index is 12.9. The number of imide groups is 2. The summed E-state index contributed by atoms with van der Waals surface area (Å²) in [5, 5.41) is 18.9. The highest BCUT2D eigenvalue weighted by atomic mass is 32.1. The Labute approximate surface area is 227 Å². The minimum atomic E-state index is -0.573. The monoisotopic (exact) mass is 542 g/mol. The molecule has 4 amide bonds. The molecule has 4 heterocycles. The van der Waals surface area contributed by atoms with Crippen LogP contribution in [0.2, 0.25) is 0 Å². The summed E-state index contributed by atoms with van der Waals surface area (Å²) in [4.78, 5) is 56.2. The number of amides is 4. The van der Waals surface area contributed by atoms with Gasteiger partial charge in [-0.05, 0) is 75.3 Å². The molecule has 0 N–H and O–H groups in total. The fourth-order valence-electron chi connectivity index (χ4n) is 4.24. The van der Waals surface area contributed by atoms with E-state index in [1.54, 1.807) is 39.8 Å². The summed E-state index contributed by atoms with van der Waals surface area (Å²) in [6, 6.07) is 11.4. The summed E-state index contributed by atoms with van der Waals surface area (Å²) in [7, 11) is 0. The van der Waals surface area contributed by atoms with E-state index in [9.17, 15) is 29.7 Å². The molecule has 38 heavy (non-hydrogen) atoms. The number of hydrogen-bond acceptors (Lipinski definition) is 8. The third-order valence-electron chi connectivity index (χ3n) is 6.35. The Bertz CT molecular complexity index is 1500. The normalized spacial score (nSPS) is 18.7. The van der Waals surface area contributed by atoms with E-state index in [0.29, 0.717) is 22.3 Å². The molecule has 2 aliphatic rings. The number of rotatable bonds is 5. The summed E-state index contributed by atoms with van der Waals surface area (Å²) in [6.07, 6.45) is 3.40. The molecule has 0 spiro atoms. The molecule has 2 aromatic rings. The molecule has 0 radical (unpaired) electrons. The first-order chi connectivity index (χ1) is 18.2. The molecule has 8 nitrogen and oxygen atoms in total. The van der Waals surface area contributed by atoms with Gasteiger partial charge in [-0.15, -0.1) is 22.7 Å². The van der Waals surface area contributed by atoms with Crippen molar-refractivity contribution in [2.45, 2.75) is 27.7 Å². The van der Waals surface area contributed by atoms with Crippen molar-refractivity contribution in [1.82, 2.24) is 9.80 Å². The van der Waals surface area contributed by atoms with Gasteiger partial charge in [-0.3, -0.25) is 29.0 Å². The molecule has 0 bridgehead atoms. The van der Waals surface area contributed by atoms with Crippen LogP contribution in [0.1, 0.15) is 37.4 Å². The average Bonchev–Trinajstić information content (AvgIpc) is 3.55. The van der Waals surface area contributed by atoms with E-state index in [2.05, 4.69) is 0 Å². The number of carbonyl (C=O) groups excluding carboxylic acids is 4. The second-order valence-corrected chi connectivity index (χ2v) is 10.7. The van der Waals surface area contributed by atoms with Crippen LogP contribution in [0.25, 0.3) is 21.9 Å². The minimum absolute atomic E-state index is 0.0325. The number of thiophene rings is 2. The SMILES string of the molecule is CCN1C(=O)C(C#N)=C(C)/C(=C\c2ccc(-c3ccc(/C=C4/C(=O)N(CC)C(=O)C(C#N)=C4C)s3)s2)C1=O. The lowest BCUT2D eigenvalue weighted by atomic mass is 9.95. The second-order valence-electron chi connectivity index (χ2n) is 8.45. The van der Waals surface area contributed by atoms with Gasteiger partial charge in [0.25, 0.3) is 23.6 Å². The van der Waals surface area contributed by atoms with E-state index in [4.69, 9.17) is 0 Å². The topological polar surface area (TPSA) is 122 Å². The van der Waals surface area contributed by atoms with Crippen molar-refractivity contribution in [2.75, 3.05) is 13.1 Å². The molecule has 0 aliphatic carbocycles. The summed E-state index contributed by atoms with van der Waals surface area (Å²) in [6.45, 7) is 6.94. The number of likely N-dealkylation sites (N-methyl/N-ethyl adjacent to an activating group) is 2. The lowest BCUT2D eigenvalue weighted by molar-refractivity contribution is -0.141. The maximum Gasteiger partial charge on any atom is 0.271 e. The van der Waals surface area contributed by atoms with Crippen molar-refractivity contribution in [3.63, 3.8) is 0 Å². The van der Waals surface area contributed by atoms with E-state index < -0.39 is 23.6 Å². The second kappa shape index (κ2) is 10.5. The molecule has 0 saturated heterocycles. The van der Waals surface area contributed by atoms with Crippen LogP contribution in [0.15, 0.2) is 57.7 Å². The minimum Gasteiger partial charge on any atom is -0.274 e. The summed E-state index contributed by atoms with van der Waals surface area (Å²) in [5.74, 6) is -2.00. The highest BCUT2D eigenvalue weighted by Crippen LogP contribution is 2.37. The zero-order valence-electron chi connectivity index (χ0n) is 21.1. The largest absolute Gasteiger partial charge is 0.274 e. The first kappa shape index (κ1) is 26.7. The van der Waals surface area contributed by atoms with Gasteiger partial charge in [0, 0.05) is 43.7 Å². The Morgan fingerprint density at radius 1 is 0.684 bits per heavy atom. The van der Waals surface area contributed by atoms with Crippen LogP contribution in [0, 0.1) is 22.7 Å². The fraction of sp³-hybridized carbons (Fsp3) is 0.214. The Balaban J connectivity index is 1.67. The third kappa shape index (κ3) is 4.45. The van der Waals surface area contributed by atoms with Gasteiger partial charge in [0.2, 0.25) is 0 Å². The zero-order valence-corrected chi connectivity index (χ0v) is 22.7. The number of nitrogens with zero attached hydrogens (tertiary/aromatic N) is 4. The molecule has 2 aliphatic heterocycles. The smallest absolute Gasteiger partial charge is 0.271 e. The lowest BCUT2D eigenvalue weighted by Crippen LogP contribution is -2.42. The first-order valence-corrected chi connectivity index (χ1v) is 13.4. The Hall–Kier alpha value is -4.38. The van der Waals surface area contributed by atoms with Crippen molar-refractivity contribution in [3.05, 3.63) is 67.5 Å². The molecule has 4 rings (SSSR count). The number of carbonyl (C=O) groups is 4. The number of hydrogen-bond donors (Lipinski definition) is 0. The quantitative estimate of drug-likeness (QED) is 0.399. The van der Waals surface area contributed by atoms with Gasteiger partial charge in [0.15, 0.2) is 0 Å². The lowest BCUT2D eigenvalue weighted by Gasteiger charge is -2.26. The van der Waals surface area contributed by atoms with Gasteiger partial charge in [-0.1, -0.05) is 0 Å². The first-order valence-electron chi connectivity index (χ1n) is 11.7. The predicted octanol–water partition coefficient (Wildman–Crippen LogP) is 4.70. The van der Waals surface area contributed by atoms with Crippen molar-refractivity contribution < 1.29 is 19.2 Å². The van der Waals surface area contributed by atoms with Crippen LogP contribution in [0.5, 0.6) is 0 Å². The van der Waals surface area contributed by atoms with Gasteiger partial charge in [0.05, 0.1) is 0 Å². The van der Waals surface area contributed by atoms with E-state index in [1.807, 2.05) is 36.4 Å². The third-order valence-corrected chi connectivity index (χ3v) is 8.61. The summed E-state index contributed by atoms with van der Waals surface area (Å²) >= 11 is 2.90. The van der Waals surface area contributed by atoms with E-state index in [1.165, 1.54) is 22.7 Å². The molecule has 0 unspecified atom stereocenters. The fourth-order valence-corrected chi connectivity index (χ4v) is 6.24. The highest BCUT2D eigenvalue weighted by Gasteiger charge is 2.35. The molecule has 190 valence electrons. The van der Waals surface area contributed by atoms with Crippen LogP contribution in [-0.2, 0) is 19.2 Å². The van der Waals surface area contributed by atoms with E-state index in [0.717, 1.165) is 29.3 Å². The number of nitriles is 2. The van der Waals surface area contributed by atoms with Crippen molar-refractivity contribution >= 4 is 58.5 Å². The molecular weight excluding hydrogens is 520 g/mol. The van der Waals surface area contributed by atoms with Gasteiger partial charge in [0.1, 0.15) is 23.3 Å². The van der Waals surface area contributed by atoms with Crippen LogP contribution in [0.3, 0.4) is 0 Å². The van der Waals surface area contributed by atoms with Gasteiger partial charge in [-0.2, -0.15) is 10.5 Å². The highest BCUT2D eigenvalue weighted by molar-refractivity contribution is 7.23. The predicted molar refractivity (Wildman–Crippen MR) is 145 cm³/mol. The molecule has 0 aromatic carbocycles. The molecule has 0 atom stereocenters.